The fourth-order valence-corrected chi connectivity index (χ4v) is 1.93. The second kappa shape index (κ2) is 8.72. The molecule has 0 bridgehead atoms. The molecular weight excluding hydrogens is 302 g/mol. The van der Waals surface area contributed by atoms with Gasteiger partial charge in [-0.2, -0.15) is 5.10 Å². The Morgan fingerprint density at radius 2 is 1.83 bits per heavy atom. The standard InChI is InChI=1S/C19H23N3O2/c1-14(2)11-12-24-18-9-3-15(4-10-18)13-21-22-19(23)16-5-7-17(20)8-6-16/h3-10,13-14H,11-12,20H2,1-2H3,(H,22,23)/b21-13+. The second-order valence-corrected chi connectivity index (χ2v) is 5.92. The number of nitrogens with one attached hydrogen (secondary N) is 1. The van der Waals surface area contributed by atoms with E-state index in [-0.39, 0.29) is 5.91 Å². The van der Waals surface area contributed by atoms with Gasteiger partial charge in [0.05, 0.1) is 12.8 Å². The molecule has 0 spiro atoms. The van der Waals surface area contributed by atoms with Crippen LogP contribution in [0, 0.1) is 5.92 Å². The zero-order chi connectivity index (χ0) is 17.4. The van der Waals surface area contributed by atoms with Crippen LogP contribution in [0.5, 0.6) is 5.75 Å². The lowest BCUT2D eigenvalue weighted by Crippen LogP contribution is -2.17. The first-order valence-corrected chi connectivity index (χ1v) is 7.96. The molecule has 126 valence electrons. The third-order valence-electron chi connectivity index (χ3n) is 3.40. The smallest absolute Gasteiger partial charge is 0.271 e. The van der Waals surface area contributed by atoms with Crippen molar-refractivity contribution in [2.45, 2.75) is 20.3 Å². The number of nitrogen functional groups attached to an aromatic ring is 1. The van der Waals surface area contributed by atoms with E-state index in [0.717, 1.165) is 17.7 Å². The van der Waals surface area contributed by atoms with Crippen molar-refractivity contribution in [2.75, 3.05) is 12.3 Å². The molecule has 0 aliphatic rings. The molecule has 0 saturated carbocycles. The van der Waals surface area contributed by atoms with Crippen LogP contribution >= 0.6 is 0 Å². The third kappa shape index (κ3) is 5.76. The van der Waals surface area contributed by atoms with Gasteiger partial charge in [-0.05, 0) is 66.4 Å². The Labute approximate surface area is 142 Å². The van der Waals surface area contributed by atoms with E-state index >= 15 is 0 Å². The van der Waals surface area contributed by atoms with Gasteiger partial charge in [-0.3, -0.25) is 4.79 Å². The molecule has 0 radical (unpaired) electrons. The van der Waals surface area contributed by atoms with Gasteiger partial charge in [0.15, 0.2) is 0 Å². The maximum absolute atomic E-state index is 11.9. The van der Waals surface area contributed by atoms with Gasteiger partial charge in [0.2, 0.25) is 0 Å². The van der Waals surface area contributed by atoms with Crippen LogP contribution in [0.4, 0.5) is 5.69 Å². The van der Waals surface area contributed by atoms with Crippen molar-refractivity contribution in [3.8, 4) is 5.75 Å². The Bertz CT molecular complexity index is 677. The van der Waals surface area contributed by atoms with E-state index in [1.165, 1.54) is 0 Å². The molecule has 0 aliphatic carbocycles. The Hall–Kier alpha value is -2.82. The zero-order valence-corrected chi connectivity index (χ0v) is 14.0. The molecule has 3 N–H and O–H groups in total. The summed E-state index contributed by atoms with van der Waals surface area (Å²) in [5.41, 5.74) is 10.1. The lowest BCUT2D eigenvalue weighted by Gasteiger charge is -2.07. The monoisotopic (exact) mass is 325 g/mol. The molecule has 5 nitrogen and oxygen atoms in total. The number of benzene rings is 2. The Kier molecular flexibility index (Phi) is 6.37. The fraction of sp³-hybridized carbons (Fsp3) is 0.263. The average Bonchev–Trinajstić information content (AvgIpc) is 2.56. The van der Waals surface area contributed by atoms with E-state index in [4.69, 9.17) is 10.5 Å². The van der Waals surface area contributed by atoms with Crippen LogP contribution in [0.2, 0.25) is 0 Å². The molecule has 0 atom stereocenters. The SMILES string of the molecule is CC(C)CCOc1ccc(/C=N/NC(=O)c2ccc(N)cc2)cc1. The minimum Gasteiger partial charge on any atom is -0.494 e. The highest BCUT2D eigenvalue weighted by Crippen LogP contribution is 2.12. The molecule has 5 heteroatoms. The van der Waals surface area contributed by atoms with Crippen LogP contribution in [0.25, 0.3) is 0 Å². The van der Waals surface area contributed by atoms with E-state index in [1.807, 2.05) is 24.3 Å². The number of anilines is 1. The normalized spacial score (nSPS) is 11.0. The highest BCUT2D eigenvalue weighted by molar-refractivity contribution is 5.95. The van der Waals surface area contributed by atoms with Gasteiger partial charge in [0.1, 0.15) is 5.75 Å². The summed E-state index contributed by atoms with van der Waals surface area (Å²) in [5.74, 6) is 1.18. The lowest BCUT2D eigenvalue weighted by molar-refractivity contribution is 0.0955. The molecule has 1 amide bonds. The highest BCUT2D eigenvalue weighted by atomic mass is 16.5. The van der Waals surface area contributed by atoms with Crippen LogP contribution in [-0.2, 0) is 0 Å². The quantitative estimate of drug-likeness (QED) is 0.465. The summed E-state index contributed by atoms with van der Waals surface area (Å²) in [5, 5.41) is 3.96. The summed E-state index contributed by atoms with van der Waals surface area (Å²) in [6.45, 7) is 5.05. The molecule has 2 aromatic rings. The molecular formula is C19H23N3O2. The van der Waals surface area contributed by atoms with Crippen LogP contribution in [0.15, 0.2) is 53.6 Å². The van der Waals surface area contributed by atoms with Crippen molar-refractivity contribution >= 4 is 17.8 Å². The van der Waals surface area contributed by atoms with Gasteiger partial charge in [-0.1, -0.05) is 13.8 Å². The molecule has 24 heavy (non-hydrogen) atoms. The third-order valence-corrected chi connectivity index (χ3v) is 3.40. The highest BCUT2D eigenvalue weighted by Gasteiger charge is 2.02. The molecule has 0 aromatic heterocycles. The number of carbonyl (C=O) groups excluding carboxylic acids is 1. The summed E-state index contributed by atoms with van der Waals surface area (Å²) in [7, 11) is 0. The predicted octanol–water partition coefficient (Wildman–Crippen LogP) is 3.46. The van der Waals surface area contributed by atoms with E-state index < -0.39 is 0 Å². The largest absolute Gasteiger partial charge is 0.494 e. The number of rotatable bonds is 7. The molecule has 0 aliphatic heterocycles. The van der Waals surface area contributed by atoms with E-state index in [0.29, 0.717) is 23.8 Å². The Morgan fingerprint density at radius 1 is 1.17 bits per heavy atom. The number of amides is 1. The lowest BCUT2D eigenvalue weighted by atomic mass is 10.1. The van der Waals surface area contributed by atoms with E-state index in [9.17, 15) is 4.79 Å². The number of nitrogens with two attached hydrogens (primary N) is 1. The van der Waals surface area contributed by atoms with Crippen LogP contribution < -0.4 is 15.9 Å². The minimum absolute atomic E-state index is 0.278. The molecule has 0 unspecified atom stereocenters. The molecule has 2 rings (SSSR count). The Balaban J connectivity index is 1.83. The van der Waals surface area contributed by atoms with E-state index in [1.54, 1.807) is 30.5 Å². The topological polar surface area (TPSA) is 76.7 Å². The molecule has 2 aromatic carbocycles. The summed E-state index contributed by atoms with van der Waals surface area (Å²) in [4.78, 5) is 11.9. The van der Waals surface area contributed by atoms with Crippen molar-refractivity contribution in [1.29, 1.82) is 0 Å². The Morgan fingerprint density at radius 3 is 2.46 bits per heavy atom. The van der Waals surface area contributed by atoms with Gasteiger partial charge in [0, 0.05) is 11.3 Å². The predicted molar refractivity (Wildman–Crippen MR) is 97.3 cm³/mol. The van der Waals surface area contributed by atoms with Gasteiger partial charge in [-0.15, -0.1) is 0 Å². The van der Waals surface area contributed by atoms with E-state index in [2.05, 4.69) is 24.4 Å². The molecule has 0 fully saturated rings. The number of hydrazone groups is 1. The van der Waals surface area contributed by atoms with Crippen molar-refractivity contribution in [1.82, 2.24) is 5.43 Å². The van der Waals surface area contributed by atoms with Crippen LogP contribution in [-0.4, -0.2) is 18.7 Å². The first-order valence-electron chi connectivity index (χ1n) is 7.96. The molecule has 0 heterocycles. The number of carbonyl (C=O) groups is 1. The first kappa shape index (κ1) is 17.5. The van der Waals surface area contributed by atoms with Crippen molar-refractivity contribution in [3.63, 3.8) is 0 Å². The summed E-state index contributed by atoms with van der Waals surface area (Å²) < 4.78 is 5.66. The van der Waals surface area contributed by atoms with Crippen molar-refractivity contribution < 1.29 is 9.53 Å². The van der Waals surface area contributed by atoms with Gasteiger partial charge < -0.3 is 10.5 Å². The maximum Gasteiger partial charge on any atom is 0.271 e. The number of ether oxygens (including phenoxy) is 1. The number of hydrogen-bond acceptors (Lipinski definition) is 4. The van der Waals surface area contributed by atoms with Crippen LogP contribution in [0.1, 0.15) is 36.2 Å². The van der Waals surface area contributed by atoms with Crippen molar-refractivity contribution in [3.05, 3.63) is 59.7 Å². The number of nitrogens with zero attached hydrogens (tertiary/aromatic N) is 1. The summed E-state index contributed by atoms with van der Waals surface area (Å²) in [6.07, 6.45) is 2.62. The van der Waals surface area contributed by atoms with Crippen LogP contribution in [0.3, 0.4) is 0 Å². The zero-order valence-electron chi connectivity index (χ0n) is 14.0. The van der Waals surface area contributed by atoms with Gasteiger partial charge in [0.25, 0.3) is 5.91 Å². The van der Waals surface area contributed by atoms with Gasteiger partial charge >= 0.3 is 0 Å². The first-order chi connectivity index (χ1) is 11.5. The summed E-state index contributed by atoms with van der Waals surface area (Å²) in [6, 6.07) is 14.2. The van der Waals surface area contributed by atoms with Gasteiger partial charge in [-0.25, -0.2) is 5.43 Å². The molecule has 0 saturated heterocycles. The maximum atomic E-state index is 11.9. The average molecular weight is 325 g/mol. The second-order valence-electron chi connectivity index (χ2n) is 5.92. The minimum atomic E-state index is -0.278. The number of hydrogen-bond donors (Lipinski definition) is 2. The fourth-order valence-electron chi connectivity index (χ4n) is 1.93. The van der Waals surface area contributed by atoms with Crippen molar-refractivity contribution in [2.24, 2.45) is 11.0 Å². The summed E-state index contributed by atoms with van der Waals surface area (Å²) >= 11 is 0.